The number of nitrogens with one attached hydrogen (secondary N) is 1. The Morgan fingerprint density at radius 1 is 1.25 bits per heavy atom. The van der Waals surface area contributed by atoms with E-state index in [1.54, 1.807) is 31.4 Å². The molecule has 0 unspecified atom stereocenters. The lowest BCUT2D eigenvalue weighted by Gasteiger charge is -2.12. The van der Waals surface area contributed by atoms with Gasteiger partial charge >= 0.3 is 0 Å². The van der Waals surface area contributed by atoms with E-state index in [2.05, 4.69) is 21.2 Å². The lowest BCUT2D eigenvalue weighted by atomic mass is 10.1. The second-order valence-electron chi connectivity index (χ2n) is 4.39. The topological polar surface area (TPSA) is 64.3 Å². The Morgan fingerprint density at radius 2 is 2.00 bits per heavy atom. The third kappa shape index (κ3) is 3.11. The number of benzene rings is 2. The molecule has 0 fully saturated rings. The number of hydrogen-bond acceptors (Lipinski definition) is 3. The summed E-state index contributed by atoms with van der Waals surface area (Å²) in [5, 5.41) is 2.81. The normalized spacial score (nSPS) is 10.2. The van der Waals surface area contributed by atoms with Gasteiger partial charge in [0.1, 0.15) is 5.75 Å². The number of anilines is 2. The Morgan fingerprint density at radius 3 is 2.70 bits per heavy atom. The van der Waals surface area contributed by atoms with Gasteiger partial charge in [-0.3, -0.25) is 4.79 Å². The fourth-order valence-electron chi connectivity index (χ4n) is 1.82. The molecule has 0 saturated carbocycles. The monoisotopic (exact) mass is 334 g/mol. The van der Waals surface area contributed by atoms with Gasteiger partial charge in [0.15, 0.2) is 0 Å². The van der Waals surface area contributed by atoms with E-state index in [9.17, 15) is 4.79 Å². The van der Waals surface area contributed by atoms with Crippen molar-refractivity contribution >= 4 is 33.2 Å². The number of hydrogen-bond donors (Lipinski definition) is 2. The fourth-order valence-corrected chi connectivity index (χ4v) is 2.18. The Hall–Kier alpha value is -2.01. The van der Waals surface area contributed by atoms with Crippen molar-refractivity contribution in [1.29, 1.82) is 0 Å². The van der Waals surface area contributed by atoms with E-state index in [1.807, 2.05) is 19.1 Å². The molecule has 0 spiro atoms. The maximum atomic E-state index is 12.3. The average Bonchev–Trinajstić information content (AvgIpc) is 2.43. The van der Waals surface area contributed by atoms with E-state index in [4.69, 9.17) is 10.5 Å². The maximum absolute atomic E-state index is 12.3. The van der Waals surface area contributed by atoms with Crippen LogP contribution < -0.4 is 15.8 Å². The van der Waals surface area contributed by atoms with E-state index >= 15 is 0 Å². The minimum absolute atomic E-state index is 0.272. The highest BCUT2D eigenvalue weighted by Gasteiger charge is 2.13. The first kappa shape index (κ1) is 14.4. The van der Waals surface area contributed by atoms with Crippen molar-refractivity contribution in [3.05, 3.63) is 52.0 Å². The van der Waals surface area contributed by atoms with Crippen molar-refractivity contribution in [2.45, 2.75) is 6.92 Å². The number of amides is 1. The lowest BCUT2D eigenvalue weighted by molar-refractivity contribution is 0.102. The van der Waals surface area contributed by atoms with Crippen LogP contribution in [0.3, 0.4) is 0 Å². The number of rotatable bonds is 3. The molecule has 0 aromatic heterocycles. The molecule has 0 atom stereocenters. The number of nitrogens with two attached hydrogens (primary N) is 1. The largest absolute Gasteiger partial charge is 0.495 e. The van der Waals surface area contributed by atoms with Crippen molar-refractivity contribution in [3.63, 3.8) is 0 Å². The number of carbonyl (C=O) groups is 1. The molecule has 5 heteroatoms. The van der Waals surface area contributed by atoms with Gasteiger partial charge in [-0.25, -0.2) is 0 Å². The minimum Gasteiger partial charge on any atom is -0.495 e. The number of carbonyl (C=O) groups excluding carboxylic acids is 1. The molecule has 20 heavy (non-hydrogen) atoms. The van der Waals surface area contributed by atoms with Crippen molar-refractivity contribution in [2.75, 3.05) is 18.2 Å². The first-order valence-corrected chi connectivity index (χ1v) is 6.81. The third-order valence-electron chi connectivity index (χ3n) is 2.87. The van der Waals surface area contributed by atoms with Crippen LogP contribution in [0.25, 0.3) is 0 Å². The van der Waals surface area contributed by atoms with Crippen molar-refractivity contribution in [2.24, 2.45) is 0 Å². The smallest absolute Gasteiger partial charge is 0.257 e. The van der Waals surface area contributed by atoms with Crippen LogP contribution in [0.15, 0.2) is 40.9 Å². The van der Waals surface area contributed by atoms with E-state index in [1.165, 1.54) is 0 Å². The van der Waals surface area contributed by atoms with E-state index in [0.717, 1.165) is 10.0 Å². The molecule has 2 aromatic carbocycles. The van der Waals surface area contributed by atoms with Crippen LogP contribution in [-0.4, -0.2) is 13.0 Å². The summed E-state index contributed by atoms with van der Waals surface area (Å²) >= 11 is 3.33. The molecule has 0 aliphatic heterocycles. The van der Waals surface area contributed by atoms with Gasteiger partial charge in [-0.2, -0.15) is 0 Å². The van der Waals surface area contributed by atoms with Gasteiger partial charge in [0.25, 0.3) is 5.91 Å². The molecule has 0 bridgehead atoms. The van der Waals surface area contributed by atoms with Crippen LogP contribution in [-0.2, 0) is 0 Å². The SMILES string of the molecule is COc1cc(C)ccc1NC(=O)c1cc(Br)ccc1N. The van der Waals surface area contributed by atoms with E-state index in [-0.39, 0.29) is 5.91 Å². The fraction of sp³-hybridized carbons (Fsp3) is 0.133. The van der Waals surface area contributed by atoms with Crippen LogP contribution >= 0.6 is 15.9 Å². The summed E-state index contributed by atoms with van der Waals surface area (Å²) in [6.07, 6.45) is 0. The summed E-state index contributed by atoms with van der Waals surface area (Å²) in [5.41, 5.74) is 8.34. The molecule has 0 aliphatic carbocycles. The van der Waals surface area contributed by atoms with Crippen molar-refractivity contribution in [3.8, 4) is 5.75 Å². The predicted molar refractivity (Wildman–Crippen MR) is 84.2 cm³/mol. The summed E-state index contributed by atoms with van der Waals surface area (Å²) in [7, 11) is 1.57. The lowest BCUT2D eigenvalue weighted by Crippen LogP contribution is -2.14. The molecule has 0 aliphatic rings. The highest BCUT2D eigenvalue weighted by atomic mass is 79.9. The second kappa shape index (κ2) is 5.96. The quantitative estimate of drug-likeness (QED) is 0.843. The number of ether oxygens (including phenoxy) is 1. The number of aryl methyl sites for hydroxylation is 1. The zero-order chi connectivity index (χ0) is 14.7. The van der Waals surface area contributed by atoms with Crippen LogP contribution in [0.2, 0.25) is 0 Å². The second-order valence-corrected chi connectivity index (χ2v) is 5.31. The Labute approximate surface area is 126 Å². The van der Waals surface area contributed by atoms with Crippen LogP contribution in [0.4, 0.5) is 11.4 Å². The zero-order valence-electron chi connectivity index (χ0n) is 11.2. The highest BCUT2D eigenvalue weighted by Crippen LogP contribution is 2.27. The molecule has 1 amide bonds. The molecule has 3 N–H and O–H groups in total. The predicted octanol–water partition coefficient (Wildman–Crippen LogP) is 3.60. The van der Waals surface area contributed by atoms with Gasteiger partial charge in [-0.15, -0.1) is 0 Å². The molecule has 4 nitrogen and oxygen atoms in total. The Balaban J connectivity index is 2.30. The van der Waals surface area contributed by atoms with Crippen molar-refractivity contribution in [1.82, 2.24) is 0 Å². The Kier molecular flexibility index (Phi) is 4.29. The van der Waals surface area contributed by atoms with Gasteiger partial charge in [0.05, 0.1) is 18.4 Å². The maximum Gasteiger partial charge on any atom is 0.257 e. The number of nitrogen functional groups attached to an aromatic ring is 1. The highest BCUT2D eigenvalue weighted by molar-refractivity contribution is 9.10. The molecule has 2 rings (SSSR count). The Bertz CT molecular complexity index is 656. The van der Waals surface area contributed by atoms with Crippen LogP contribution in [0.1, 0.15) is 15.9 Å². The van der Waals surface area contributed by atoms with Gasteiger partial charge < -0.3 is 15.8 Å². The summed E-state index contributed by atoms with van der Waals surface area (Å²) in [6.45, 7) is 1.96. The summed E-state index contributed by atoms with van der Waals surface area (Å²) < 4.78 is 6.06. The van der Waals surface area contributed by atoms with Gasteiger partial charge in [0, 0.05) is 10.2 Å². The molecule has 104 valence electrons. The average molecular weight is 335 g/mol. The van der Waals surface area contributed by atoms with Gasteiger partial charge in [-0.05, 0) is 42.8 Å². The standard InChI is InChI=1S/C15H15BrN2O2/c1-9-3-6-13(14(7-9)20-2)18-15(19)11-8-10(16)4-5-12(11)17/h3-8H,17H2,1-2H3,(H,18,19). The third-order valence-corrected chi connectivity index (χ3v) is 3.36. The molecule has 0 saturated heterocycles. The van der Waals surface area contributed by atoms with Crippen LogP contribution in [0, 0.1) is 6.92 Å². The van der Waals surface area contributed by atoms with E-state index in [0.29, 0.717) is 22.7 Å². The van der Waals surface area contributed by atoms with E-state index < -0.39 is 0 Å². The first-order valence-electron chi connectivity index (χ1n) is 6.02. The molecular weight excluding hydrogens is 320 g/mol. The number of methoxy groups -OCH3 is 1. The van der Waals surface area contributed by atoms with Crippen molar-refractivity contribution < 1.29 is 9.53 Å². The number of halogens is 1. The zero-order valence-corrected chi connectivity index (χ0v) is 12.8. The molecular formula is C15H15BrN2O2. The summed E-state index contributed by atoms with van der Waals surface area (Å²) in [6, 6.07) is 10.7. The summed E-state index contributed by atoms with van der Waals surface area (Å²) in [5.74, 6) is 0.345. The minimum atomic E-state index is -0.272. The molecule has 2 aromatic rings. The molecule has 0 heterocycles. The van der Waals surface area contributed by atoms with Crippen LogP contribution in [0.5, 0.6) is 5.75 Å². The molecule has 0 radical (unpaired) electrons. The first-order chi connectivity index (χ1) is 9.51. The van der Waals surface area contributed by atoms with Gasteiger partial charge in [-0.1, -0.05) is 22.0 Å². The summed E-state index contributed by atoms with van der Waals surface area (Å²) in [4.78, 5) is 12.3. The van der Waals surface area contributed by atoms with Gasteiger partial charge in [0.2, 0.25) is 0 Å².